The molecule has 3 rings (SSSR count). The highest BCUT2D eigenvalue weighted by molar-refractivity contribution is 7.09. The van der Waals surface area contributed by atoms with Crippen molar-refractivity contribution in [3.8, 4) is 11.5 Å². The molecule has 1 N–H and O–H groups in total. The molecule has 106 valence electrons. The summed E-state index contributed by atoms with van der Waals surface area (Å²) >= 11 is 1.67. The first-order valence-corrected chi connectivity index (χ1v) is 7.73. The molecular weight excluding hydrogens is 272 g/mol. The van der Waals surface area contributed by atoms with Gasteiger partial charge in [-0.1, -0.05) is 12.1 Å². The van der Waals surface area contributed by atoms with Crippen LogP contribution in [0.4, 0.5) is 0 Å². The molecule has 4 nitrogen and oxygen atoms in total. The summed E-state index contributed by atoms with van der Waals surface area (Å²) in [4.78, 5) is 4.33. The fraction of sp³-hybridized carbons (Fsp3) is 0.400. The van der Waals surface area contributed by atoms with Crippen LogP contribution in [0, 0.1) is 0 Å². The molecule has 2 aromatic rings. The van der Waals surface area contributed by atoms with Crippen LogP contribution in [0.1, 0.15) is 30.0 Å². The van der Waals surface area contributed by atoms with E-state index in [1.807, 2.05) is 23.7 Å². The first-order valence-electron chi connectivity index (χ1n) is 6.85. The fourth-order valence-corrected chi connectivity index (χ4v) is 2.86. The summed E-state index contributed by atoms with van der Waals surface area (Å²) in [5.74, 6) is 1.73. The van der Waals surface area contributed by atoms with E-state index in [9.17, 15) is 0 Å². The molecule has 1 aliphatic rings. The Labute approximate surface area is 122 Å². The minimum atomic E-state index is 0.234. The largest absolute Gasteiger partial charge is 0.490 e. The summed E-state index contributed by atoms with van der Waals surface area (Å²) in [5, 5.41) is 6.58. The number of hydrogen-bond acceptors (Lipinski definition) is 5. The van der Waals surface area contributed by atoms with Crippen molar-refractivity contribution in [3.63, 3.8) is 0 Å². The Kier molecular flexibility index (Phi) is 4.18. The van der Waals surface area contributed by atoms with Gasteiger partial charge in [-0.3, -0.25) is 0 Å². The maximum Gasteiger partial charge on any atom is 0.165 e. The molecule has 5 heteroatoms. The predicted octanol–water partition coefficient (Wildman–Crippen LogP) is 3.16. The van der Waals surface area contributed by atoms with Crippen LogP contribution >= 0.6 is 11.3 Å². The van der Waals surface area contributed by atoms with Gasteiger partial charge in [0.25, 0.3) is 0 Å². The Hall–Kier alpha value is -1.59. The summed E-state index contributed by atoms with van der Waals surface area (Å²) < 4.78 is 11.5. The van der Waals surface area contributed by atoms with E-state index in [1.54, 1.807) is 11.3 Å². The highest BCUT2D eigenvalue weighted by atomic mass is 32.1. The number of thiazole rings is 1. The zero-order valence-corrected chi connectivity index (χ0v) is 12.3. The third-order valence-electron chi connectivity index (χ3n) is 3.27. The van der Waals surface area contributed by atoms with E-state index in [-0.39, 0.29) is 6.04 Å². The minimum Gasteiger partial charge on any atom is -0.490 e. The number of fused-ring (bicyclic) bond motifs is 1. The normalized spacial score (nSPS) is 15.7. The van der Waals surface area contributed by atoms with Gasteiger partial charge < -0.3 is 14.8 Å². The number of aromatic nitrogens is 1. The molecule has 0 saturated carbocycles. The molecule has 0 saturated heterocycles. The van der Waals surface area contributed by atoms with Crippen LogP contribution in [0.5, 0.6) is 11.5 Å². The van der Waals surface area contributed by atoms with Crippen molar-refractivity contribution in [2.75, 3.05) is 13.2 Å². The van der Waals surface area contributed by atoms with Crippen molar-refractivity contribution in [2.24, 2.45) is 0 Å². The van der Waals surface area contributed by atoms with Crippen molar-refractivity contribution in [3.05, 3.63) is 40.3 Å². The summed E-state index contributed by atoms with van der Waals surface area (Å²) in [6.07, 6.45) is 2.76. The summed E-state index contributed by atoms with van der Waals surface area (Å²) in [6.45, 7) is 4.30. The Balaban J connectivity index is 1.71. The number of benzene rings is 1. The smallest absolute Gasteiger partial charge is 0.165 e. The molecule has 0 spiro atoms. The number of ether oxygens (including phenoxy) is 2. The molecule has 1 atom stereocenters. The Morgan fingerprint density at radius 3 is 3.10 bits per heavy atom. The highest BCUT2D eigenvalue weighted by Crippen LogP contribution is 2.33. The molecule has 1 unspecified atom stereocenters. The average molecular weight is 290 g/mol. The molecule has 1 aliphatic heterocycles. The van der Waals surface area contributed by atoms with E-state index in [4.69, 9.17) is 9.47 Å². The number of rotatable bonds is 4. The molecule has 0 fully saturated rings. The van der Waals surface area contributed by atoms with Crippen molar-refractivity contribution in [1.82, 2.24) is 10.3 Å². The van der Waals surface area contributed by atoms with Gasteiger partial charge in [-0.25, -0.2) is 4.98 Å². The van der Waals surface area contributed by atoms with Crippen LogP contribution in [0.3, 0.4) is 0 Å². The van der Waals surface area contributed by atoms with Crippen LogP contribution in [-0.4, -0.2) is 18.2 Å². The Morgan fingerprint density at radius 2 is 2.25 bits per heavy atom. The third kappa shape index (κ3) is 2.94. The first kappa shape index (κ1) is 13.4. The molecule has 2 heterocycles. The summed E-state index contributed by atoms with van der Waals surface area (Å²) in [6, 6.07) is 6.29. The molecule has 0 bridgehead atoms. The second-order valence-corrected chi connectivity index (χ2v) is 5.69. The molecule has 0 amide bonds. The monoisotopic (exact) mass is 290 g/mol. The lowest BCUT2D eigenvalue weighted by Crippen LogP contribution is -2.18. The van der Waals surface area contributed by atoms with Gasteiger partial charge in [-0.05, 0) is 13.0 Å². The van der Waals surface area contributed by atoms with Crippen molar-refractivity contribution in [2.45, 2.75) is 25.9 Å². The van der Waals surface area contributed by atoms with Gasteiger partial charge in [0, 0.05) is 30.1 Å². The number of hydrogen-bond donors (Lipinski definition) is 1. The standard InChI is InChI=1S/C15H18N2O2S/c1-11(15-16-6-9-20-15)17-10-12-4-2-5-13-14(12)19-8-3-7-18-13/h2,4-6,9,11,17H,3,7-8,10H2,1H3. The second kappa shape index (κ2) is 6.24. The number of nitrogens with one attached hydrogen (secondary N) is 1. The minimum absolute atomic E-state index is 0.234. The fourth-order valence-electron chi connectivity index (χ4n) is 2.19. The SMILES string of the molecule is CC(NCc1cccc2c1OCCCO2)c1nccs1. The van der Waals surface area contributed by atoms with Gasteiger partial charge in [0.1, 0.15) is 5.01 Å². The number of nitrogens with zero attached hydrogens (tertiary/aromatic N) is 1. The van der Waals surface area contributed by atoms with Crippen LogP contribution in [0.25, 0.3) is 0 Å². The molecule has 1 aromatic heterocycles. The van der Waals surface area contributed by atoms with E-state index in [0.29, 0.717) is 6.61 Å². The van der Waals surface area contributed by atoms with Crippen molar-refractivity contribution < 1.29 is 9.47 Å². The Bertz CT molecular complexity index is 557. The Morgan fingerprint density at radius 1 is 1.35 bits per heavy atom. The zero-order valence-electron chi connectivity index (χ0n) is 11.5. The van der Waals surface area contributed by atoms with E-state index in [2.05, 4.69) is 23.3 Å². The van der Waals surface area contributed by atoms with E-state index >= 15 is 0 Å². The molecule has 20 heavy (non-hydrogen) atoms. The quantitative estimate of drug-likeness (QED) is 0.939. The van der Waals surface area contributed by atoms with Crippen LogP contribution < -0.4 is 14.8 Å². The molecular formula is C15H18N2O2S. The maximum absolute atomic E-state index is 5.82. The van der Waals surface area contributed by atoms with Gasteiger partial charge in [0.05, 0.1) is 19.3 Å². The highest BCUT2D eigenvalue weighted by Gasteiger charge is 2.15. The van der Waals surface area contributed by atoms with Crippen LogP contribution in [0.2, 0.25) is 0 Å². The van der Waals surface area contributed by atoms with Crippen molar-refractivity contribution >= 4 is 11.3 Å². The third-order valence-corrected chi connectivity index (χ3v) is 4.23. The van der Waals surface area contributed by atoms with Crippen LogP contribution in [-0.2, 0) is 6.54 Å². The lowest BCUT2D eigenvalue weighted by Gasteiger charge is -2.15. The van der Waals surface area contributed by atoms with E-state index in [0.717, 1.165) is 41.6 Å². The van der Waals surface area contributed by atoms with Gasteiger partial charge in [0.2, 0.25) is 0 Å². The van der Waals surface area contributed by atoms with E-state index < -0.39 is 0 Å². The topological polar surface area (TPSA) is 43.4 Å². The lowest BCUT2D eigenvalue weighted by molar-refractivity contribution is 0.295. The van der Waals surface area contributed by atoms with Gasteiger partial charge in [0.15, 0.2) is 11.5 Å². The summed E-state index contributed by atoms with van der Waals surface area (Å²) in [7, 11) is 0. The molecule has 0 radical (unpaired) electrons. The molecule has 1 aromatic carbocycles. The van der Waals surface area contributed by atoms with Gasteiger partial charge in [-0.15, -0.1) is 11.3 Å². The summed E-state index contributed by atoms with van der Waals surface area (Å²) in [5.41, 5.74) is 1.13. The maximum atomic E-state index is 5.82. The van der Waals surface area contributed by atoms with E-state index in [1.165, 1.54) is 0 Å². The van der Waals surface area contributed by atoms with Crippen molar-refractivity contribution in [1.29, 1.82) is 0 Å². The van der Waals surface area contributed by atoms with Gasteiger partial charge in [-0.2, -0.15) is 0 Å². The average Bonchev–Trinajstić information content (AvgIpc) is 2.90. The zero-order chi connectivity index (χ0) is 13.8. The van der Waals surface area contributed by atoms with Crippen LogP contribution in [0.15, 0.2) is 29.8 Å². The predicted molar refractivity (Wildman–Crippen MR) is 79.4 cm³/mol. The molecule has 0 aliphatic carbocycles. The lowest BCUT2D eigenvalue weighted by atomic mass is 10.1. The second-order valence-electron chi connectivity index (χ2n) is 4.77. The number of para-hydroxylation sites is 1. The first-order chi connectivity index (χ1) is 9.84. The van der Waals surface area contributed by atoms with Gasteiger partial charge >= 0.3 is 0 Å².